The van der Waals surface area contributed by atoms with Gasteiger partial charge in [0.25, 0.3) is 5.09 Å². The van der Waals surface area contributed by atoms with Crippen LogP contribution in [0.4, 0.5) is 9.18 Å². The highest BCUT2D eigenvalue weighted by molar-refractivity contribution is 5.94. The third kappa shape index (κ3) is 4.96. The number of hydrogen-bond donors (Lipinski definition) is 4. The minimum absolute atomic E-state index is 0.0289. The molecule has 14 nitrogen and oxygen atoms in total. The number of esters is 1. The van der Waals surface area contributed by atoms with Gasteiger partial charge in [-0.25, -0.2) is 9.18 Å². The predicted octanol–water partition coefficient (Wildman–Crippen LogP) is 0.496. The molecule has 2 saturated carbocycles. The number of hydrogen-bond acceptors (Lipinski definition) is 12. The lowest BCUT2D eigenvalue weighted by atomic mass is 9.45. The van der Waals surface area contributed by atoms with E-state index in [4.69, 9.17) is 9.47 Å². The fraction of sp³-hybridized carbons (Fsp3) is 0.704. The third-order valence-electron chi connectivity index (χ3n) is 9.71. The van der Waals surface area contributed by atoms with Gasteiger partial charge >= 0.3 is 12.1 Å². The summed E-state index contributed by atoms with van der Waals surface area (Å²) < 4.78 is 26.8. The number of amides is 1. The van der Waals surface area contributed by atoms with Gasteiger partial charge in [0.1, 0.15) is 6.54 Å². The second kappa shape index (κ2) is 11.3. The van der Waals surface area contributed by atoms with Gasteiger partial charge in [0, 0.05) is 29.6 Å². The Labute approximate surface area is 240 Å². The number of allylic oxidation sites excluding steroid dienone is 4. The number of nitrogens with zero attached hydrogens (tertiary/aromatic N) is 1. The van der Waals surface area contributed by atoms with E-state index in [0.717, 1.165) is 0 Å². The Bertz CT molecular complexity index is 1220. The fourth-order valence-corrected chi connectivity index (χ4v) is 7.51. The van der Waals surface area contributed by atoms with Crippen molar-refractivity contribution >= 4 is 23.6 Å². The van der Waals surface area contributed by atoms with Crippen LogP contribution in [0.15, 0.2) is 23.8 Å². The molecule has 0 aromatic carbocycles. The number of rotatable bonds is 10. The van der Waals surface area contributed by atoms with Crippen molar-refractivity contribution in [3.8, 4) is 0 Å². The number of halogens is 1. The quantitative estimate of drug-likeness (QED) is 0.0890. The van der Waals surface area contributed by atoms with Crippen molar-refractivity contribution < 1.29 is 58.3 Å². The Balaban J connectivity index is 1.39. The Morgan fingerprint density at radius 2 is 1.88 bits per heavy atom. The first-order chi connectivity index (χ1) is 19.6. The molecule has 4 N–H and O–H groups in total. The number of Topliss-reactive ketones (excluding diaryl/α,β-unsaturated/α-hetero) is 1. The van der Waals surface area contributed by atoms with E-state index >= 15 is 4.39 Å². The first-order valence-electron chi connectivity index (χ1n) is 13.7. The van der Waals surface area contributed by atoms with Gasteiger partial charge in [-0.1, -0.05) is 24.6 Å². The summed E-state index contributed by atoms with van der Waals surface area (Å²) in [7, 11) is 0. The average molecular weight is 599 g/mol. The van der Waals surface area contributed by atoms with Gasteiger partial charge in [-0.15, -0.1) is 10.1 Å². The number of aliphatic hydroxyl groups is 3. The van der Waals surface area contributed by atoms with Gasteiger partial charge in [0.2, 0.25) is 5.78 Å². The Morgan fingerprint density at radius 3 is 2.57 bits per heavy atom. The van der Waals surface area contributed by atoms with Crippen LogP contribution in [0, 0.1) is 32.8 Å². The van der Waals surface area contributed by atoms with Crippen LogP contribution in [0.1, 0.15) is 46.0 Å². The smallest absolute Gasteiger partial charge is 0.408 e. The van der Waals surface area contributed by atoms with Gasteiger partial charge in [-0.3, -0.25) is 14.4 Å². The van der Waals surface area contributed by atoms with Gasteiger partial charge in [0.05, 0.1) is 25.4 Å². The van der Waals surface area contributed by atoms with E-state index in [2.05, 4.69) is 10.2 Å². The summed E-state index contributed by atoms with van der Waals surface area (Å²) >= 11 is 0. The predicted molar refractivity (Wildman–Crippen MR) is 138 cm³/mol. The lowest BCUT2D eigenvalue weighted by Crippen LogP contribution is -2.69. The van der Waals surface area contributed by atoms with Crippen LogP contribution in [0.25, 0.3) is 0 Å². The molecular formula is C27H35FN2O12. The zero-order valence-electron chi connectivity index (χ0n) is 23.2. The van der Waals surface area contributed by atoms with E-state index in [-0.39, 0.29) is 51.1 Å². The molecule has 4 aliphatic carbocycles. The topological polar surface area (TPSA) is 212 Å². The number of alkyl halides is 1. The number of aliphatic hydroxyl groups excluding tert-OH is 2. The second-order valence-electron chi connectivity index (χ2n) is 11.8. The molecule has 8 atom stereocenters. The van der Waals surface area contributed by atoms with Crippen molar-refractivity contribution in [3.63, 3.8) is 0 Å². The molecule has 0 saturated heterocycles. The summed E-state index contributed by atoms with van der Waals surface area (Å²) in [6.07, 6.45) is -0.259. The summed E-state index contributed by atoms with van der Waals surface area (Å²) in [5.41, 5.74) is -6.91. The van der Waals surface area contributed by atoms with Crippen LogP contribution in [0.5, 0.6) is 0 Å². The lowest BCUT2D eigenvalue weighted by Gasteiger charge is -2.61. The van der Waals surface area contributed by atoms with Crippen LogP contribution < -0.4 is 5.32 Å². The largest absolute Gasteiger partial charge is 0.464 e. The zero-order chi connectivity index (χ0) is 31.1. The molecule has 0 spiro atoms. The monoisotopic (exact) mass is 598 g/mol. The minimum atomic E-state index is -2.48. The van der Waals surface area contributed by atoms with Gasteiger partial charge in [-0.2, -0.15) is 0 Å². The summed E-state index contributed by atoms with van der Waals surface area (Å²) in [5, 5.41) is 45.1. The SMILES string of the molecule is C[C@]12C=CC(=O)CC1=CC[C@H]1[C@@H]3C[C@@H](O)[C@](O)(C(=O)COC(=O)NCC(=O)OCCCO[N+](=O)[O-])[C@@]3(C)C[C@H](O)[C@@]12F. The fourth-order valence-electron chi connectivity index (χ4n) is 7.51. The average Bonchev–Trinajstić information content (AvgIpc) is 3.12. The maximum atomic E-state index is 17.1. The third-order valence-corrected chi connectivity index (χ3v) is 9.71. The highest BCUT2D eigenvalue weighted by Gasteiger charge is 2.76. The van der Waals surface area contributed by atoms with Crippen LogP contribution in [-0.2, 0) is 28.7 Å². The highest BCUT2D eigenvalue weighted by Crippen LogP contribution is 2.69. The summed E-state index contributed by atoms with van der Waals surface area (Å²) in [6, 6.07) is 0. The molecule has 0 aliphatic heterocycles. The molecule has 4 rings (SSSR count). The number of nitrogens with one attached hydrogen (secondary N) is 1. The summed E-state index contributed by atoms with van der Waals surface area (Å²) in [4.78, 5) is 63.2. The maximum Gasteiger partial charge on any atom is 0.408 e. The number of carbonyl (C=O) groups excluding carboxylic acids is 4. The normalized spacial score (nSPS) is 38.3. The van der Waals surface area contributed by atoms with Gasteiger partial charge < -0.3 is 34.9 Å². The minimum Gasteiger partial charge on any atom is -0.464 e. The lowest BCUT2D eigenvalue weighted by molar-refractivity contribution is -0.757. The van der Waals surface area contributed by atoms with Crippen LogP contribution in [0.2, 0.25) is 0 Å². The first-order valence-corrected chi connectivity index (χ1v) is 13.7. The molecule has 0 unspecified atom stereocenters. The molecule has 0 heterocycles. The molecule has 42 heavy (non-hydrogen) atoms. The number of ether oxygens (including phenoxy) is 2. The van der Waals surface area contributed by atoms with E-state index in [1.807, 2.05) is 0 Å². The van der Waals surface area contributed by atoms with Crippen molar-refractivity contribution in [1.82, 2.24) is 5.32 Å². The Morgan fingerprint density at radius 1 is 1.17 bits per heavy atom. The first kappa shape index (κ1) is 31.5. The van der Waals surface area contributed by atoms with Crippen molar-refractivity contribution in [2.45, 2.75) is 69.4 Å². The molecule has 0 aromatic rings. The van der Waals surface area contributed by atoms with E-state index in [1.165, 1.54) is 19.1 Å². The highest BCUT2D eigenvalue weighted by atomic mass is 19.1. The van der Waals surface area contributed by atoms with Crippen molar-refractivity contribution in [2.75, 3.05) is 26.4 Å². The number of ketones is 2. The van der Waals surface area contributed by atoms with Gasteiger partial charge in [0.15, 0.2) is 23.7 Å². The van der Waals surface area contributed by atoms with Crippen molar-refractivity contribution in [1.29, 1.82) is 0 Å². The van der Waals surface area contributed by atoms with Crippen LogP contribution >= 0.6 is 0 Å². The maximum absolute atomic E-state index is 17.1. The summed E-state index contributed by atoms with van der Waals surface area (Å²) in [6.45, 7) is 1.01. The Kier molecular flexibility index (Phi) is 8.50. The molecule has 232 valence electrons. The second-order valence-corrected chi connectivity index (χ2v) is 11.8. The molecule has 1 amide bonds. The zero-order valence-corrected chi connectivity index (χ0v) is 23.2. The standard InChI is InChI=1S/C27H35FN2O12/c1-24-7-6-16(31)10-15(24)4-5-17-18-11-19(32)27(37,25(18,2)12-20(33)26(17,24)28)21(34)14-41-23(36)29-13-22(35)40-8-3-9-42-30(38)39/h4,6-7,17-20,32-33,37H,3,5,8-14H2,1-2H3,(H,29,36)/t17-,18-,19+,20-,24-,25-,26-,27-/m0/s1. The molecule has 0 aromatic heterocycles. The molecule has 4 aliphatic rings. The Hall–Kier alpha value is -3.43. The number of alkyl carbamates (subject to hydrolysis) is 1. The summed E-state index contributed by atoms with van der Waals surface area (Å²) in [5.74, 6) is -3.75. The number of carbonyl (C=O) groups is 4. The van der Waals surface area contributed by atoms with E-state index in [9.17, 15) is 44.6 Å². The van der Waals surface area contributed by atoms with Crippen molar-refractivity contribution in [2.24, 2.45) is 22.7 Å². The van der Waals surface area contributed by atoms with Crippen LogP contribution in [0.3, 0.4) is 0 Å². The van der Waals surface area contributed by atoms with E-state index in [1.54, 1.807) is 13.0 Å². The molecule has 0 bridgehead atoms. The molecular weight excluding hydrogens is 563 g/mol. The molecule has 15 heteroatoms. The molecule has 2 fully saturated rings. The van der Waals surface area contributed by atoms with Gasteiger partial charge in [-0.05, 0) is 38.2 Å². The van der Waals surface area contributed by atoms with E-state index < -0.39 is 82.2 Å². The van der Waals surface area contributed by atoms with Crippen molar-refractivity contribution in [3.05, 3.63) is 33.9 Å². The van der Waals surface area contributed by atoms with Crippen LogP contribution in [-0.4, -0.2) is 93.9 Å². The number of fused-ring (bicyclic) bond motifs is 5. The molecule has 0 radical (unpaired) electrons. The van der Waals surface area contributed by atoms with E-state index in [0.29, 0.717) is 5.57 Å².